The summed E-state index contributed by atoms with van der Waals surface area (Å²) in [5.41, 5.74) is 0.948. The van der Waals surface area contributed by atoms with Gasteiger partial charge >= 0.3 is 0 Å². The highest BCUT2D eigenvalue weighted by atomic mass is 35.5. The van der Waals surface area contributed by atoms with E-state index in [4.69, 9.17) is 16.0 Å². The van der Waals surface area contributed by atoms with Crippen LogP contribution in [0, 0.1) is 0 Å². The molecule has 1 amide bonds. The van der Waals surface area contributed by atoms with Gasteiger partial charge in [-0.25, -0.2) is 9.97 Å². The molecule has 1 aromatic carbocycles. The average molecular weight is 430 g/mol. The molecule has 0 aliphatic heterocycles. The Morgan fingerprint density at radius 1 is 1.18 bits per heavy atom. The van der Waals surface area contributed by atoms with Crippen LogP contribution in [-0.4, -0.2) is 33.6 Å². The number of hydrogen-bond acceptors (Lipinski definition) is 6. The minimum absolute atomic E-state index is 0.0106. The largest absolute Gasteiger partial charge is 0.459 e. The van der Waals surface area contributed by atoms with E-state index in [1.165, 1.54) is 18.1 Å². The van der Waals surface area contributed by atoms with Crippen LogP contribution in [0.15, 0.2) is 63.6 Å². The number of carbonyl (C=O) groups is 1. The van der Waals surface area contributed by atoms with Crippen molar-refractivity contribution in [2.45, 2.75) is 11.6 Å². The number of halogens is 1. The molecular weight excluding hydrogens is 414 g/mol. The van der Waals surface area contributed by atoms with Gasteiger partial charge in [0.15, 0.2) is 0 Å². The predicted octanol–water partition coefficient (Wildman–Crippen LogP) is 5.36. The van der Waals surface area contributed by atoms with E-state index >= 15 is 0 Å². The molecule has 5 nitrogen and oxygen atoms in total. The van der Waals surface area contributed by atoms with Crippen LogP contribution in [-0.2, 0) is 11.3 Å². The molecule has 0 fully saturated rings. The highest BCUT2D eigenvalue weighted by Crippen LogP contribution is 2.28. The first-order valence-electron chi connectivity index (χ1n) is 8.50. The third kappa shape index (κ3) is 4.22. The molecule has 0 unspecified atom stereocenters. The standard InChI is InChI=1S/C20H16ClN3O2S2/c1-24(10-15-6-7-17(26-15)13-2-4-14(21)5-3-13)18(25)11-28-20-16-8-9-27-19(16)22-12-23-20/h2-9,12H,10-11H2,1H3. The second-order valence-electron chi connectivity index (χ2n) is 6.13. The van der Waals surface area contributed by atoms with Crippen molar-refractivity contribution in [3.05, 3.63) is 65.0 Å². The van der Waals surface area contributed by atoms with Crippen LogP contribution in [0.4, 0.5) is 0 Å². The van der Waals surface area contributed by atoms with Crippen molar-refractivity contribution >= 4 is 50.8 Å². The first-order valence-corrected chi connectivity index (χ1v) is 10.7. The molecule has 0 spiro atoms. The zero-order valence-corrected chi connectivity index (χ0v) is 17.4. The van der Waals surface area contributed by atoms with E-state index < -0.39 is 0 Å². The van der Waals surface area contributed by atoms with E-state index in [0.717, 1.165) is 32.3 Å². The Bertz CT molecular complexity index is 1110. The number of aromatic nitrogens is 2. The highest BCUT2D eigenvalue weighted by molar-refractivity contribution is 8.00. The quantitative estimate of drug-likeness (QED) is 0.305. The number of thioether (sulfide) groups is 1. The van der Waals surface area contributed by atoms with Gasteiger partial charge in [-0.3, -0.25) is 4.79 Å². The minimum Gasteiger partial charge on any atom is -0.459 e. The van der Waals surface area contributed by atoms with Crippen LogP contribution in [0.2, 0.25) is 5.02 Å². The van der Waals surface area contributed by atoms with Crippen molar-refractivity contribution in [3.8, 4) is 11.3 Å². The molecule has 4 aromatic rings. The van der Waals surface area contributed by atoms with Gasteiger partial charge in [0, 0.05) is 23.0 Å². The summed E-state index contributed by atoms with van der Waals surface area (Å²) in [6.07, 6.45) is 1.54. The summed E-state index contributed by atoms with van der Waals surface area (Å²) in [6, 6.07) is 13.2. The zero-order valence-electron chi connectivity index (χ0n) is 15.0. The lowest BCUT2D eigenvalue weighted by Gasteiger charge is -2.15. The second-order valence-corrected chi connectivity index (χ2v) is 8.42. The maximum absolute atomic E-state index is 12.5. The van der Waals surface area contributed by atoms with Gasteiger partial charge in [0.25, 0.3) is 0 Å². The molecule has 0 bridgehead atoms. The van der Waals surface area contributed by atoms with Crippen LogP contribution in [0.3, 0.4) is 0 Å². The summed E-state index contributed by atoms with van der Waals surface area (Å²) in [5.74, 6) is 1.80. The highest BCUT2D eigenvalue weighted by Gasteiger charge is 2.14. The van der Waals surface area contributed by atoms with E-state index in [2.05, 4.69) is 9.97 Å². The summed E-state index contributed by atoms with van der Waals surface area (Å²) >= 11 is 8.92. The maximum atomic E-state index is 12.5. The average Bonchev–Trinajstić information content (AvgIpc) is 3.36. The van der Waals surface area contributed by atoms with Gasteiger partial charge in [-0.05, 0) is 47.8 Å². The molecular formula is C20H16ClN3O2S2. The Balaban J connectivity index is 1.37. The van der Waals surface area contributed by atoms with Crippen molar-refractivity contribution < 1.29 is 9.21 Å². The molecule has 0 saturated heterocycles. The molecule has 0 aliphatic rings. The molecule has 142 valence electrons. The van der Waals surface area contributed by atoms with Crippen molar-refractivity contribution in [1.29, 1.82) is 0 Å². The SMILES string of the molecule is CN(Cc1ccc(-c2ccc(Cl)cc2)o1)C(=O)CSc1ncnc2sccc12. The molecule has 0 atom stereocenters. The number of nitrogens with zero attached hydrogens (tertiary/aromatic N) is 3. The van der Waals surface area contributed by atoms with Crippen LogP contribution in [0.5, 0.6) is 0 Å². The van der Waals surface area contributed by atoms with Gasteiger partial charge < -0.3 is 9.32 Å². The Labute approximate surface area is 175 Å². The van der Waals surface area contributed by atoms with Crippen molar-refractivity contribution in [2.75, 3.05) is 12.8 Å². The van der Waals surface area contributed by atoms with Gasteiger partial charge in [-0.1, -0.05) is 23.4 Å². The summed E-state index contributed by atoms with van der Waals surface area (Å²) in [6.45, 7) is 0.407. The smallest absolute Gasteiger partial charge is 0.233 e. The van der Waals surface area contributed by atoms with E-state index in [-0.39, 0.29) is 5.91 Å². The lowest BCUT2D eigenvalue weighted by atomic mass is 10.2. The first kappa shape index (κ1) is 19.0. The zero-order chi connectivity index (χ0) is 19.5. The monoisotopic (exact) mass is 429 g/mol. The molecule has 3 aromatic heterocycles. The van der Waals surface area contributed by atoms with Crippen LogP contribution >= 0.6 is 34.7 Å². The number of rotatable bonds is 6. The third-order valence-electron chi connectivity index (χ3n) is 4.17. The lowest BCUT2D eigenvalue weighted by Crippen LogP contribution is -2.27. The summed E-state index contributed by atoms with van der Waals surface area (Å²) in [7, 11) is 1.77. The van der Waals surface area contributed by atoms with Gasteiger partial charge in [-0.2, -0.15) is 0 Å². The van der Waals surface area contributed by atoms with Crippen LogP contribution in [0.1, 0.15) is 5.76 Å². The van der Waals surface area contributed by atoms with Gasteiger partial charge in [0.05, 0.1) is 12.3 Å². The number of furan rings is 1. The number of fused-ring (bicyclic) bond motifs is 1. The minimum atomic E-state index is 0.0106. The normalized spacial score (nSPS) is 11.1. The number of benzene rings is 1. The summed E-state index contributed by atoms with van der Waals surface area (Å²) < 4.78 is 5.88. The molecule has 4 rings (SSSR count). The first-order chi connectivity index (χ1) is 13.6. The Morgan fingerprint density at radius 3 is 2.82 bits per heavy atom. The third-order valence-corrected chi connectivity index (χ3v) is 6.23. The van der Waals surface area contributed by atoms with E-state index in [1.54, 1.807) is 23.3 Å². The predicted molar refractivity (Wildman–Crippen MR) is 114 cm³/mol. The van der Waals surface area contributed by atoms with Gasteiger partial charge in [0.2, 0.25) is 5.91 Å². The van der Waals surface area contributed by atoms with Crippen LogP contribution < -0.4 is 0 Å². The molecule has 0 aliphatic carbocycles. The number of hydrogen-bond donors (Lipinski definition) is 0. The van der Waals surface area contributed by atoms with Crippen LogP contribution in [0.25, 0.3) is 21.5 Å². The fourth-order valence-corrected chi connectivity index (χ4v) is 4.52. The number of amides is 1. The molecule has 28 heavy (non-hydrogen) atoms. The number of carbonyl (C=O) groups excluding carboxylic acids is 1. The topological polar surface area (TPSA) is 59.2 Å². The summed E-state index contributed by atoms with van der Waals surface area (Å²) in [4.78, 5) is 23.6. The lowest BCUT2D eigenvalue weighted by molar-refractivity contribution is -0.127. The second kappa shape index (κ2) is 8.34. The van der Waals surface area contributed by atoms with Crippen molar-refractivity contribution in [2.24, 2.45) is 0 Å². The molecule has 3 heterocycles. The Kier molecular flexibility index (Phi) is 5.66. The molecule has 8 heteroatoms. The van der Waals surface area contributed by atoms with E-state index in [0.29, 0.717) is 17.3 Å². The fraction of sp³-hybridized carbons (Fsp3) is 0.150. The van der Waals surface area contributed by atoms with E-state index in [1.807, 2.05) is 47.8 Å². The summed E-state index contributed by atoms with van der Waals surface area (Å²) in [5, 5.41) is 4.48. The Hall–Kier alpha value is -2.35. The maximum Gasteiger partial charge on any atom is 0.233 e. The number of thiophene rings is 1. The Morgan fingerprint density at radius 2 is 2.00 bits per heavy atom. The van der Waals surface area contributed by atoms with Crippen molar-refractivity contribution in [1.82, 2.24) is 14.9 Å². The molecule has 0 radical (unpaired) electrons. The molecule has 0 N–H and O–H groups in total. The fourth-order valence-electron chi connectivity index (χ4n) is 2.68. The van der Waals surface area contributed by atoms with E-state index in [9.17, 15) is 4.79 Å². The van der Waals surface area contributed by atoms with Crippen molar-refractivity contribution in [3.63, 3.8) is 0 Å². The molecule has 0 saturated carbocycles. The van der Waals surface area contributed by atoms with Gasteiger partial charge in [-0.15, -0.1) is 11.3 Å². The van der Waals surface area contributed by atoms with Gasteiger partial charge in [0.1, 0.15) is 27.7 Å².